The maximum Gasteiger partial charge on any atom is -0.0417 e. The molecule has 0 heterocycles. The van der Waals surface area contributed by atoms with Gasteiger partial charge in [0.15, 0.2) is 0 Å². The van der Waals surface area contributed by atoms with Gasteiger partial charge in [-0.25, -0.2) is 0 Å². The van der Waals surface area contributed by atoms with E-state index in [0.29, 0.717) is 0 Å². The molecule has 0 amide bonds. The van der Waals surface area contributed by atoms with E-state index in [-0.39, 0.29) is 0 Å². The summed E-state index contributed by atoms with van der Waals surface area (Å²) in [5.41, 5.74) is 0. The maximum absolute atomic E-state index is 2.46. The van der Waals surface area contributed by atoms with E-state index in [2.05, 4.69) is 41.5 Å². The van der Waals surface area contributed by atoms with E-state index in [1.165, 1.54) is 44.9 Å². The topological polar surface area (TPSA) is 0 Å². The van der Waals surface area contributed by atoms with Crippen molar-refractivity contribution in [2.45, 2.75) is 86.5 Å². The average molecular weight is 240 g/mol. The van der Waals surface area contributed by atoms with Gasteiger partial charge < -0.3 is 0 Å². The summed E-state index contributed by atoms with van der Waals surface area (Å²) in [5, 5.41) is 0. The summed E-state index contributed by atoms with van der Waals surface area (Å²) in [6.45, 7) is 14.3. The predicted octanol–water partition coefficient (Wildman–Crippen LogP) is 6.30. The fourth-order valence-corrected chi connectivity index (χ4v) is 2.31. The third-order valence-electron chi connectivity index (χ3n) is 4.84. The Bertz CT molecular complexity index is 161. The summed E-state index contributed by atoms with van der Waals surface area (Å²) in [6.07, 6.45) is 9.84. The fourth-order valence-electron chi connectivity index (χ4n) is 2.31. The Hall–Kier alpha value is 0. The van der Waals surface area contributed by atoms with Crippen LogP contribution in [0.5, 0.6) is 0 Å². The molecule has 0 rings (SSSR count). The summed E-state index contributed by atoms with van der Waals surface area (Å²) in [6, 6.07) is 0. The summed E-state index contributed by atoms with van der Waals surface area (Å²) >= 11 is 0. The lowest BCUT2D eigenvalue weighted by atomic mass is 9.84. The van der Waals surface area contributed by atoms with Crippen LogP contribution >= 0.6 is 0 Å². The largest absolute Gasteiger partial charge is 0.0651 e. The van der Waals surface area contributed by atoms with E-state index in [4.69, 9.17) is 0 Å². The molecule has 0 nitrogen and oxygen atoms in total. The van der Waals surface area contributed by atoms with Crippen LogP contribution in [-0.2, 0) is 0 Å². The zero-order valence-corrected chi connectivity index (χ0v) is 13.3. The van der Waals surface area contributed by atoms with Crippen molar-refractivity contribution >= 4 is 0 Å². The number of hydrogen-bond donors (Lipinski definition) is 0. The van der Waals surface area contributed by atoms with Crippen molar-refractivity contribution in [1.29, 1.82) is 0 Å². The Morgan fingerprint density at radius 1 is 0.588 bits per heavy atom. The van der Waals surface area contributed by atoms with Crippen LogP contribution in [0.2, 0.25) is 0 Å². The molecule has 0 aromatic rings. The molecule has 0 saturated carbocycles. The van der Waals surface area contributed by atoms with Gasteiger partial charge in [0.2, 0.25) is 0 Å². The van der Waals surface area contributed by atoms with Gasteiger partial charge in [0.25, 0.3) is 0 Å². The first-order valence-corrected chi connectivity index (χ1v) is 8.01. The normalized spacial score (nSPS) is 18.7. The Balaban J connectivity index is 3.63. The second kappa shape index (κ2) is 9.97. The molecule has 0 fully saturated rings. The van der Waals surface area contributed by atoms with E-state index in [0.717, 1.165) is 23.7 Å². The summed E-state index contributed by atoms with van der Waals surface area (Å²) in [4.78, 5) is 0. The molecule has 4 atom stereocenters. The van der Waals surface area contributed by atoms with E-state index in [1.54, 1.807) is 0 Å². The van der Waals surface area contributed by atoms with Crippen molar-refractivity contribution < 1.29 is 0 Å². The van der Waals surface area contributed by atoms with Crippen molar-refractivity contribution in [1.82, 2.24) is 0 Å². The van der Waals surface area contributed by atoms with Crippen LogP contribution < -0.4 is 0 Å². The quantitative estimate of drug-likeness (QED) is 0.420. The molecule has 0 bridgehead atoms. The van der Waals surface area contributed by atoms with Gasteiger partial charge in [0.1, 0.15) is 0 Å². The minimum atomic E-state index is 0.918. The highest BCUT2D eigenvalue weighted by molar-refractivity contribution is 4.65. The molecular formula is C17H36. The van der Waals surface area contributed by atoms with Crippen LogP contribution in [0.25, 0.3) is 0 Å². The van der Waals surface area contributed by atoms with Gasteiger partial charge in [0.05, 0.1) is 0 Å². The first-order chi connectivity index (χ1) is 8.01. The molecule has 0 saturated heterocycles. The second-order valence-corrected chi connectivity index (χ2v) is 6.49. The second-order valence-electron chi connectivity index (χ2n) is 6.49. The lowest BCUT2D eigenvalue weighted by Gasteiger charge is -2.21. The van der Waals surface area contributed by atoms with E-state index < -0.39 is 0 Å². The van der Waals surface area contributed by atoms with Crippen molar-refractivity contribution in [2.24, 2.45) is 23.7 Å². The lowest BCUT2D eigenvalue weighted by molar-refractivity contribution is 0.300. The molecule has 17 heavy (non-hydrogen) atoms. The average Bonchev–Trinajstić information content (AvgIpc) is 2.34. The van der Waals surface area contributed by atoms with E-state index in [9.17, 15) is 0 Å². The monoisotopic (exact) mass is 240 g/mol. The Morgan fingerprint density at radius 2 is 1.06 bits per heavy atom. The van der Waals surface area contributed by atoms with Crippen molar-refractivity contribution in [3.63, 3.8) is 0 Å². The summed E-state index contributed by atoms with van der Waals surface area (Å²) in [5.74, 6) is 3.69. The first-order valence-electron chi connectivity index (χ1n) is 8.01. The van der Waals surface area contributed by atoms with Crippen LogP contribution in [0, 0.1) is 23.7 Å². The van der Waals surface area contributed by atoms with Crippen LogP contribution in [0.1, 0.15) is 86.5 Å². The molecule has 0 aliphatic rings. The maximum atomic E-state index is 2.46. The summed E-state index contributed by atoms with van der Waals surface area (Å²) in [7, 11) is 0. The Labute approximate surface area is 111 Å². The van der Waals surface area contributed by atoms with Gasteiger partial charge in [-0.05, 0) is 23.7 Å². The molecule has 0 radical (unpaired) electrons. The van der Waals surface area contributed by atoms with Gasteiger partial charge >= 0.3 is 0 Å². The highest BCUT2D eigenvalue weighted by Gasteiger charge is 2.13. The third-order valence-corrected chi connectivity index (χ3v) is 4.84. The fraction of sp³-hybridized carbons (Fsp3) is 1.00. The molecule has 0 aliphatic heterocycles. The van der Waals surface area contributed by atoms with Gasteiger partial charge in [0, 0.05) is 0 Å². The van der Waals surface area contributed by atoms with Gasteiger partial charge in [-0.3, -0.25) is 0 Å². The SMILES string of the molecule is CCC(C)CCCC(C)C(C)CCC(C)CC. The standard InChI is InChI=1S/C17H36/c1-7-14(3)10-9-11-16(5)17(6)13-12-15(4)8-2/h14-17H,7-13H2,1-6H3. The third kappa shape index (κ3) is 8.69. The van der Waals surface area contributed by atoms with Gasteiger partial charge in [-0.15, -0.1) is 0 Å². The minimum absolute atomic E-state index is 0.918. The van der Waals surface area contributed by atoms with Crippen molar-refractivity contribution in [2.75, 3.05) is 0 Å². The molecule has 0 heteroatoms. The highest BCUT2D eigenvalue weighted by atomic mass is 14.2. The van der Waals surface area contributed by atoms with Crippen molar-refractivity contribution in [3.8, 4) is 0 Å². The predicted molar refractivity (Wildman–Crippen MR) is 80.3 cm³/mol. The Morgan fingerprint density at radius 3 is 1.59 bits per heavy atom. The number of hydrogen-bond acceptors (Lipinski definition) is 0. The van der Waals surface area contributed by atoms with Gasteiger partial charge in [-0.2, -0.15) is 0 Å². The molecule has 0 aliphatic carbocycles. The molecular weight excluding hydrogens is 204 g/mol. The summed E-state index contributed by atoms with van der Waals surface area (Å²) < 4.78 is 0. The highest BCUT2D eigenvalue weighted by Crippen LogP contribution is 2.25. The van der Waals surface area contributed by atoms with Crippen LogP contribution in [0.3, 0.4) is 0 Å². The van der Waals surface area contributed by atoms with Gasteiger partial charge in [-0.1, -0.05) is 86.5 Å². The zero-order chi connectivity index (χ0) is 13.3. The molecule has 104 valence electrons. The Kier molecular flexibility index (Phi) is 9.97. The van der Waals surface area contributed by atoms with Crippen LogP contribution in [0.4, 0.5) is 0 Å². The lowest BCUT2D eigenvalue weighted by Crippen LogP contribution is -2.10. The first kappa shape index (κ1) is 17.0. The molecule has 0 spiro atoms. The van der Waals surface area contributed by atoms with E-state index in [1.807, 2.05) is 0 Å². The zero-order valence-electron chi connectivity index (χ0n) is 13.3. The molecule has 0 aromatic heterocycles. The smallest absolute Gasteiger partial charge is 0.0417 e. The molecule has 0 N–H and O–H groups in total. The minimum Gasteiger partial charge on any atom is -0.0651 e. The molecule has 4 unspecified atom stereocenters. The van der Waals surface area contributed by atoms with Crippen molar-refractivity contribution in [3.05, 3.63) is 0 Å². The molecule has 0 aromatic carbocycles. The van der Waals surface area contributed by atoms with Crippen LogP contribution in [0.15, 0.2) is 0 Å². The van der Waals surface area contributed by atoms with Crippen LogP contribution in [-0.4, -0.2) is 0 Å². The number of rotatable bonds is 10. The van der Waals surface area contributed by atoms with E-state index >= 15 is 0 Å².